The van der Waals surface area contributed by atoms with Crippen molar-refractivity contribution in [2.24, 2.45) is 0 Å². The van der Waals surface area contributed by atoms with Crippen molar-refractivity contribution in [1.29, 1.82) is 0 Å². The average molecular weight is 189 g/mol. The van der Waals surface area contributed by atoms with Crippen molar-refractivity contribution in [1.82, 2.24) is 5.32 Å². The summed E-state index contributed by atoms with van der Waals surface area (Å²) in [6.45, 7) is 13.1. The van der Waals surface area contributed by atoms with Gasteiger partial charge in [-0.1, -0.05) is 34.6 Å². The molecule has 0 radical (unpaired) electrons. The molecule has 1 aliphatic heterocycles. The maximum absolute atomic E-state index is 5.21. The molecular formula is C11H27NO. The van der Waals surface area contributed by atoms with Gasteiger partial charge in [0.05, 0.1) is 0 Å². The number of rotatable bonds is 2. The van der Waals surface area contributed by atoms with Gasteiger partial charge in [-0.05, 0) is 19.4 Å². The molecule has 1 heterocycles. The molecule has 1 fully saturated rings. The molecule has 0 saturated carbocycles. The van der Waals surface area contributed by atoms with Crippen LogP contribution in [0.5, 0.6) is 0 Å². The first-order valence-electron chi connectivity index (χ1n) is 5.74. The molecule has 0 aromatic rings. The van der Waals surface area contributed by atoms with E-state index in [1.807, 2.05) is 27.7 Å². The highest BCUT2D eigenvalue weighted by Gasteiger charge is 2.10. The second-order valence-corrected chi connectivity index (χ2v) is 2.44. The van der Waals surface area contributed by atoms with Crippen molar-refractivity contribution in [2.45, 2.75) is 53.5 Å². The van der Waals surface area contributed by atoms with Crippen molar-refractivity contribution in [2.75, 3.05) is 19.8 Å². The number of ether oxygens (including phenoxy) is 1. The number of hydrogen-bond acceptors (Lipinski definition) is 2. The monoisotopic (exact) mass is 189 g/mol. The third-order valence-corrected chi connectivity index (χ3v) is 1.71. The Kier molecular flexibility index (Phi) is 17.1. The first kappa shape index (κ1) is 15.4. The minimum atomic E-state index is 0.726. The van der Waals surface area contributed by atoms with E-state index in [4.69, 9.17) is 4.74 Å². The lowest BCUT2D eigenvalue weighted by Gasteiger charge is -2.22. The Morgan fingerprint density at radius 2 is 1.54 bits per heavy atom. The lowest BCUT2D eigenvalue weighted by Crippen LogP contribution is -2.34. The minimum absolute atomic E-state index is 0.726. The minimum Gasteiger partial charge on any atom is -0.381 e. The summed E-state index contributed by atoms with van der Waals surface area (Å²) in [5.41, 5.74) is 0. The summed E-state index contributed by atoms with van der Waals surface area (Å²) < 4.78 is 5.21. The van der Waals surface area contributed by atoms with E-state index in [9.17, 15) is 0 Å². The molecule has 0 aromatic carbocycles. The van der Waals surface area contributed by atoms with Crippen molar-refractivity contribution in [3.8, 4) is 0 Å². The Morgan fingerprint density at radius 3 is 1.92 bits per heavy atom. The van der Waals surface area contributed by atoms with E-state index in [1.54, 1.807) is 0 Å². The predicted molar refractivity (Wildman–Crippen MR) is 60.2 cm³/mol. The molecule has 0 aromatic heterocycles. The van der Waals surface area contributed by atoms with Crippen LogP contribution < -0.4 is 5.32 Å². The van der Waals surface area contributed by atoms with E-state index in [2.05, 4.69) is 12.2 Å². The van der Waals surface area contributed by atoms with Crippen molar-refractivity contribution >= 4 is 0 Å². The summed E-state index contributed by atoms with van der Waals surface area (Å²) in [6, 6.07) is 0.726. The van der Waals surface area contributed by atoms with Crippen LogP contribution in [0.4, 0.5) is 0 Å². The zero-order valence-electron chi connectivity index (χ0n) is 10.0. The quantitative estimate of drug-likeness (QED) is 0.721. The lowest BCUT2D eigenvalue weighted by molar-refractivity contribution is 0.0785. The highest BCUT2D eigenvalue weighted by Crippen LogP contribution is 2.04. The van der Waals surface area contributed by atoms with Gasteiger partial charge in [-0.3, -0.25) is 0 Å². The Morgan fingerprint density at radius 1 is 1.08 bits per heavy atom. The van der Waals surface area contributed by atoms with Crippen LogP contribution in [-0.4, -0.2) is 25.8 Å². The summed E-state index contributed by atoms with van der Waals surface area (Å²) in [7, 11) is 0. The third kappa shape index (κ3) is 9.84. The highest BCUT2D eigenvalue weighted by atomic mass is 16.5. The highest BCUT2D eigenvalue weighted by molar-refractivity contribution is 4.68. The molecule has 0 bridgehead atoms. The molecule has 2 nitrogen and oxygen atoms in total. The third-order valence-electron chi connectivity index (χ3n) is 1.71. The van der Waals surface area contributed by atoms with Crippen LogP contribution in [0.2, 0.25) is 0 Å². The van der Waals surface area contributed by atoms with Crippen molar-refractivity contribution in [3.63, 3.8) is 0 Å². The molecule has 0 unspecified atom stereocenters. The van der Waals surface area contributed by atoms with E-state index >= 15 is 0 Å². The van der Waals surface area contributed by atoms with E-state index in [0.29, 0.717) is 0 Å². The predicted octanol–water partition coefficient (Wildman–Crippen LogP) is 2.83. The molecule has 1 aliphatic rings. The number of hydrogen-bond donors (Lipinski definition) is 1. The summed E-state index contributed by atoms with van der Waals surface area (Å²) in [5, 5.41) is 3.40. The Bertz CT molecular complexity index is 67.7. The van der Waals surface area contributed by atoms with Gasteiger partial charge in [0.1, 0.15) is 0 Å². The van der Waals surface area contributed by atoms with Gasteiger partial charge in [-0.15, -0.1) is 0 Å². The summed E-state index contributed by atoms with van der Waals surface area (Å²) in [5.74, 6) is 0. The van der Waals surface area contributed by atoms with E-state index in [1.165, 1.54) is 12.8 Å². The first-order valence-corrected chi connectivity index (χ1v) is 5.74. The zero-order chi connectivity index (χ0) is 10.5. The molecule has 1 N–H and O–H groups in total. The van der Waals surface area contributed by atoms with E-state index < -0.39 is 0 Å². The molecule has 2 heteroatoms. The van der Waals surface area contributed by atoms with Gasteiger partial charge < -0.3 is 10.1 Å². The Labute approximate surface area is 84.1 Å². The fourth-order valence-corrected chi connectivity index (χ4v) is 1.19. The largest absolute Gasteiger partial charge is 0.381 e. The molecule has 0 atom stereocenters. The normalized spacial score (nSPS) is 16.4. The molecule has 0 aliphatic carbocycles. The lowest BCUT2D eigenvalue weighted by atomic mass is 10.1. The topological polar surface area (TPSA) is 21.3 Å². The summed E-state index contributed by atoms with van der Waals surface area (Å²) >= 11 is 0. The standard InChI is InChI=1S/C7H15NO.2C2H6/c1-2-8-7-3-5-9-6-4-7;2*1-2/h7-8H,2-6H2,1H3;2*1-2H3. The molecule has 0 amide bonds. The Balaban J connectivity index is 0. The van der Waals surface area contributed by atoms with Gasteiger partial charge >= 0.3 is 0 Å². The maximum Gasteiger partial charge on any atom is 0.0480 e. The van der Waals surface area contributed by atoms with Crippen LogP contribution >= 0.6 is 0 Å². The Hall–Kier alpha value is -0.0800. The smallest absolute Gasteiger partial charge is 0.0480 e. The molecule has 1 rings (SSSR count). The summed E-state index contributed by atoms with van der Waals surface area (Å²) in [4.78, 5) is 0. The van der Waals surface area contributed by atoms with Gasteiger partial charge in [-0.25, -0.2) is 0 Å². The van der Waals surface area contributed by atoms with Gasteiger partial charge in [0.15, 0.2) is 0 Å². The fraction of sp³-hybridized carbons (Fsp3) is 1.00. The molecule has 0 spiro atoms. The fourth-order valence-electron chi connectivity index (χ4n) is 1.19. The van der Waals surface area contributed by atoms with Crippen molar-refractivity contribution < 1.29 is 4.74 Å². The molecule has 1 saturated heterocycles. The average Bonchev–Trinajstić information content (AvgIpc) is 2.26. The van der Waals surface area contributed by atoms with Crippen LogP contribution in [0.3, 0.4) is 0 Å². The molecule has 13 heavy (non-hydrogen) atoms. The summed E-state index contributed by atoms with van der Waals surface area (Å²) in [6.07, 6.45) is 2.38. The van der Waals surface area contributed by atoms with E-state index in [0.717, 1.165) is 25.8 Å². The van der Waals surface area contributed by atoms with E-state index in [-0.39, 0.29) is 0 Å². The van der Waals surface area contributed by atoms with Gasteiger partial charge in [-0.2, -0.15) is 0 Å². The van der Waals surface area contributed by atoms with Crippen LogP contribution in [0.1, 0.15) is 47.5 Å². The van der Waals surface area contributed by atoms with Crippen LogP contribution in [0.15, 0.2) is 0 Å². The second kappa shape index (κ2) is 14.4. The van der Waals surface area contributed by atoms with Crippen molar-refractivity contribution in [3.05, 3.63) is 0 Å². The van der Waals surface area contributed by atoms with Gasteiger partial charge in [0.2, 0.25) is 0 Å². The van der Waals surface area contributed by atoms with Crippen LogP contribution in [0.25, 0.3) is 0 Å². The number of nitrogens with one attached hydrogen (secondary N) is 1. The second-order valence-electron chi connectivity index (χ2n) is 2.44. The molecular weight excluding hydrogens is 162 g/mol. The van der Waals surface area contributed by atoms with Crippen LogP contribution in [-0.2, 0) is 4.74 Å². The zero-order valence-corrected chi connectivity index (χ0v) is 10.0. The van der Waals surface area contributed by atoms with Gasteiger partial charge in [0, 0.05) is 19.3 Å². The van der Waals surface area contributed by atoms with Crippen LogP contribution in [0, 0.1) is 0 Å². The molecule has 82 valence electrons. The SMILES string of the molecule is CC.CC.CCNC1CCOCC1. The maximum atomic E-state index is 5.21. The first-order chi connectivity index (χ1) is 6.43. The van der Waals surface area contributed by atoms with Gasteiger partial charge in [0.25, 0.3) is 0 Å².